The quantitative estimate of drug-likeness (QED) is 0.669. The van der Waals surface area contributed by atoms with Crippen LogP contribution in [0.4, 0.5) is 0 Å². The number of aromatic nitrogens is 2. The van der Waals surface area contributed by atoms with Crippen LogP contribution in [0.5, 0.6) is 0 Å². The van der Waals surface area contributed by atoms with Crippen molar-refractivity contribution in [1.82, 2.24) is 10.2 Å². The number of aromatic amines is 1. The zero-order chi connectivity index (χ0) is 11.5. The Morgan fingerprint density at radius 2 is 2.12 bits per heavy atom. The Bertz CT molecular complexity index is 704. The molecule has 1 N–H and O–H groups in total. The normalized spacial score (nSPS) is 15.9. The van der Waals surface area contributed by atoms with Crippen molar-refractivity contribution in [1.29, 1.82) is 0 Å². The predicted molar refractivity (Wildman–Crippen MR) is 59.2 cm³/mol. The summed E-state index contributed by atoms with van der Waals surface area (Å²) in [5, 5.41) is 7.20. The Morgan fingerprint density at radius 1 is 1.38 bits per heavy atom. The van der Waals surface area contributed by atoms with E-state index in [-0.39, 0.29) is 9.79 Å². The lowest BCUT2D eigenvalue weighted by Gasteiger charge is -1.99. The van der Waals surface area contributed by atoms with E-state index in [1.165, 1.54) is 6.07 Å². The van der Waals surface area contributed by atoms with Gasteiger partial charge in [0, 0.05) is 10.6 Å². The summed E-state index contributed by atoms with van der Waals surface area (Å²) in [6.07, 6.45) is 0. The molecule has 0 saturated heterocycles. The van der Waals surface area contributed by atoms with Gasteiger partial charge in [0.15, 0.2) is 0 Å². The fraction of sp³-hybridized carbons (Fsp3) is 0.100. The summed E-state index contributed by atoms with van der Waals surface area (Å²) in [7, 11) is -3.42. The van der Waals surface area contributed by atoms with E-state index in [1.807, 2.05) is 0 Å². The minimum absolute atomic E-state index is 0.268. The fourth-order valence-electron chi connectivity index (χ4n) is 1.96. The molecule has 0 amide bonds. The highest BCUT2D eigenvalue weighted by molar-refractivity contribution is 7.92. The zero-order valence-corrected chi connectivity index (χ0v) is 9.85. The lowest BCUT2D eigenvalue weighted by atomic mass is 10.1. The molecule has 2 heterocycles. The third-order valence-corrected chi connectivity index (χ3v) is 4.85. The molecule has 1 aliphatic rings. The van der Waals surface area contributed by atoms with Crippen molar-refractivity contribution in [2.45, 2.75) is 16.7 Å². The minimum Gasteiger partial charge on any atom is -0.281 e. The first-order chi connectivity index (χ1) is 7.51. The Hall–Kier alpha value is -1.33. The van der Waals surface area contributed by atoms with E-state index in [0.717, 1.165) is 0 Å². The molecule has 0 unspecified atom stereocenters. The van der Waals surface area contributed by atoms with E-state index in [4.69, 9.17) is 11.6 Å². The molecular weight excluding hydrogens is 248 g/mol. The van der Waals surface area contributed by atoms with Crippen LogP contribution in [0.2, 0.25) is 5.02 Å². The number of fused-ring (bicyclic) bond motifs is 3. The van der Waals surface area contributed by atoms with Crippen LogP contribution >= 0.6 is 11.6 Å². The number of hydrogen-bond acceptors (Lipinski definition) is 3. The van der Waals surface area contributed by atoms with Gasteiger partial charge in [-0.15, -0.1) is 0 Å². The molecule has 2 aromatic rings. The van der Waals surface area contributed by atoms with Crippen molar-refractivity contribution in [3.8, 4) is 11.3 Å². The SMILES string of the molecule is Cc1[nH]nc2c1S(=O)(=O)c1ccc(Cl)cc1-2. The van der Waals surface area contributed by atoms with Gasteiger partial charge in [0.25, 0.3) is 0 Å². The number of benzene rings is 1. The van der Waals surface area contributed by atoms with E-state index >= 15 is 0 Å². The summed E-state index contributed by atoms with van der Waals surface area (Å²) in [4.78, 5) is 0.552. The molecule has 0 aliphatic carbocycles. The van der Waals surface area contributed by atoms with Crippen molar-refractivity contribution in [3.63, 3.8) is 0 Å². The zero-order valence-electron chi connectivity index (χ0n) is 8.28. The van der Waals surface area contributed by atoms with Gasteiger partial charge in [0.1, 0.15) is 10.6 Å². The fourth-order valence-corrected chi connectivity index (χ4v) is 3.91. The Kier molecular flexibility index (Phi) is 1.77. The molecular formula is C10H7ClN2O2S. The van der Waals surface area contributed by atoms with E-state index in [1.54, 1.807) is 19.1 Å². The van der Waals surface area contributed by atoms with Gasteiger partial charge in [0.2, 0.25) is 9.84 Å². The number of hydrogen-bond donors (Lipinski definition) is 1. The van der Waals surface area contributed by atoms with Gasteiger partial charge in [-0.25, -0.2) is 8.42 Å². The van der Waals surface area contributed by atoms with Gasteiger partial charge < -0.3 is 0 Å². The van der Waals surface area contributed by atoms with Crippen LogP contribution < -0.4 is 0 Å². The molecule has 0 atom stereocenters. The molecule has 0 fully saturated rings. The molecule has 6 heteroatoms. The highest BCUT2D eigenvalue weighted by Gasteiger charge is 2.37. The third-order valence-electron chi connectivity index (χ3n) is 2.65. The van der Waals surface area contributed by atoms with Gasteiger partial charge in [-0.2, -0.15) is 5.10 Å². The Labute approximate surface area is 97.2 Å². The molecule has 1 aliphatic heterocycles. The maximum Gasteiger partial charge on any atom is 0.211 e. The maximum absolute atomic E-state index is 12.2. The lowest BCUT2D eigenvalue weighted by molar-refractivity contribution is 0.598. The molecule has 1 aromatic carbocycles. The molecule has 4 nitrogen and oxygen atoms in total. The van der Waals surface area contributed by atoms with Crippen LogP contribution in [0.3, 0.4) is 0 Å². The van der Waals surface area contributed by atoms with Crippen molar-refractivity contribution in [2.24, 2.45) is 0 Å². The second-order valence-corrected chi connectivity index (χ2v) is 5.96. The number of aryl methyl sites for hydroxylation is 1. The van der Waals surface area contributed by atoms with E-state index in [2.05, 4.69) is 10.2 Å². The highest BCUT2D eigenvalue weighted by atomic mass is 35.5. The van der Waals surface area contributed by atoms with Gasteiger partial charge in [0.05, 0.1) is 10.6 Å². The molecule has 0 bridgehead atoms. The number of sulfone groups is 1. The number of H-pyrrole nitrogens is 1. The van der Waals surface area contributed by atoms with Crippen LogP contribution in [-0.2, 0) is 9.84 Å². The van der Waals surface area contributed by atoms with Crippen LogP contribution in [0, 0.1) is 6.92 Å². The lowest BCUT2D eigenvalue weighted by Crippen LogP contribution is -1.98. The van der Waals surface area contributed by atoms with Gasteiger partial charge >= 0.3 is 0 Å². The predicted octanol–water partition coefficient (Wildman–Crippen LogP) is 2.18. The molecule has 0 radical (unpaired) electrons. The van der Waals surface area contributed by atoms with E-state index in [9.17, 15) is 8.42 Å². The van der Waals surface area contributed by atoms with Crippen LogP contribution in [0.1, 0.15) is 5.69 Å². The smallest absolute Gasteiger partial charge is 0.211 e. The summed E-state index contributed by atoms with van der Waals surface area (Å²) < 4.78 is 24.3. The standard InChI is InChI=1S/C10H7ClN2O2S/c1-5-10-9(13-12-5)7-4-6(11)2-3-8(7)16(10,14)15/h2-4H,1H3,(H,12,13). The second kappa shape index (κ2) is 2.87. The highest BCUT2D eigenvalue weighted by Crippen LogP contribution is 2.43. The maximum atomic E-state index is 12.2. The van der Waals surface area contributed by atoms with Crippen molar-refractivity contribution < 1.29 is 8.42 Å². The van der Waals surface area contributed by atoms with Gasteiger partial charge in [-0.1, -0.05) is 11.6 Å². The Balaban J connectivity index is 2.51. The average Bonchev–Trinajstić information content (AvgIpc) is 2.68. The van der Waals surface area contributed by atoms with Crippen LogP contribution in [-0.4, -0.2) is 18.6 Å². The van der Waals surface area contributed by atoms with Crippen molar-refractivity contribution in [2.75, 3.05) is 0 Å². The van der Waals surface area contributed by atoms with Crippen LogP contribution in [0.15, 0.2) is 28.0 Å². The number of rotatable bonds is 0. The van der Waals surface area contributed by atoms with Crippen LogP contribution in [0.25, 0.3) is 11.3 Å². The molecule has 1 aromatic heterocycles. The van der Waals surface area contributed by atoms with E-state index < -0.39 is 9.84 Å². The molecule has 0 saturated carbocycles. The summed E-state index contributed by atoms with van der Waals surface area (Å²) in [5.74, 6) is 0. The van der Waals surface area contributed by atoms with Crippen molar-refractivity contribution in [3.05, 3.63) is 28.9 Å². The molecule has 0 spiro atoms. The van der Waals surface area contributed by atoms with Gasteiger partial charge in [-0.3, -0.25) is 5.10 Å². The largest absolute Gasteiger partial charge is 0.281 e. The minimum atomic E-state index is -3.42. The molecule has 82 valence electrons. The number of halogens is 1. The first kappa shape index (κ1) is 9.86. The van der Waals surface area contributed by atoms with E-state index in [0.29, 0.717) is 22.0 Å². The topological polar surface area (TPSA) is 62.8 Å². The summed E-state index contributed by atoms with van der Waals surface area (Å²) in [6, 6.07) is 4.72. The number of nitrogens with zero attached hydrogens (tertiary/aromatic N) is 1. The van der Waals surface area contributed by atoms with Crippen molar-refractivity contribution >= 4 is 21.4 Å². The molecule has 3 rings (SSSR count). The average molecular weight is 255 g/mol. The Morgan fingerprint density at radius 3 is 2.88 bits per heavy atom. The molecule has 16 heavy (non-hydrogen) atoms. The monoisotopic (exact) mass is 254 g/mol. The first-order valence-corrected chi connectivity index (χ1v) is 6.48. The second-order valence-electron chi connectivity index (χ2n) is 3.67. The summed E-state index contributed by atoms with van der Waals surface area (Å²) >= 11 is 5.86. The first-order valence-electron chi connectivity index (χ1n) is 4.62. The van der Waals surface area contributed by atoms with Gasteiger partial charge in [-0.05, 0) is 25.1 Å². The summed E-state index contributed by atoms with van der Waals surface area (Å²) in [6.45, 7) is 1.69. The summed E-state index contributed by atoms with van der Waals surface area (Å²) in [5.41, 5.74) is 1.60. The third kappa shape index (κ3) is 1.04. The number of nitrogens with one attached hydrogen (secondary N) is 1.